The molecule has 0 aliphatic rings. The maximum Gasteiger partial charge on any atom is 0.0992 e. The number of benzene rings is 1. The van der Waals surface area contributed by atoms with Crippen molar-refractivity contribution in [3.05, 3.63) is 36.0 Å². The highest BCUT2D eigenvalue weighted by Crippen LogP contribution is 2.17. The summed E-state index contributed by atoms with van der Waals surface area (Å²) in [6.07, 6.45) is 1.38. The third-order valence-corrected chi connectivity index (χ3v) is 2.82. The Balaban J connectivity index is 2.20. The van der Waals surface area contributed by atoms with E-state index in [1.54, 1.807) is 6.07 Å². The zero-order chi connectivity index (χ0) is 13.0. The van der Waals surface area contributed by atoms with Gasteiger partial charge >= 0.3 is 0 Å². The average molecular weight is 244 g/mol. The molecule has 0 aliphatic heterocycles. The molecule has 1 aromatic heterocycles. The first-order valence-corrected chi connectivity index (χ1v) is 5.99. The molecule has 1 N–H and O–H groups in total. The second-order valence-electron chi connectivity index (χ2n) is 4.17. The van der Waals surface area contributed by atoms with E-state index in [1.807, 2.05) is 35.9 Å². The lowest BCUT2D eigenvalue weighted by atomic mass is 10.2. The zero-order valence-electron chi connectivity index (χ0n) is 10.3. The second kappa shape index (κ2) is 5.67. The Morgan fingerprint density at radius 2 is 2.28 bits per heavy atom. The average Bonchev–Trinajstić information content (AvgIpc) is 2.78. The van der Waals surface area contributed by atoms with Crippen molar-refractivity contribution in [1.29, 1.82) is 5.26 Å². The summed E-state index contributed by atoms with van der Waals surface area (Å²) in [6, 6.07) is 9.65. The highest BCUT2D eigenvalue weighted by molar-refractivity contribution is 5.81. The molecule has 4 nitrogen and oxygen atoms in total. The van der Waals surface area contributed by atoms with Crippen molar-refractivity contribution < 1.29 is 9.84 Å². The van der Waals surface area contributed by atoms with E-state index in [9.17, 15) is 5.11 Å². The Labute approximate surface area is 106 Å². The van der Waals surface area contributed by atoms with E-state index >= 15 is 0 Å². The topological polar surface area (TPSA) is 58.2 Å². The fraction of sp³-hybridized carbons (Fsp3) is 0.357. The van der Waals surface area contributed by atoms with Crippen molar-refractivity contribution in [2.75, 3.05) is 13.2 Å². The predicted molar refractivity (Wildman–Crippen MR) is 69.2 cm³/mol. The highest BCUT2D eigenvalue weighted by atomic mass is 16.5. The summed E-state index contributed by atoms with van der Waals surface area (Å²) in [5.74, 6) is 0. The lowest BCUT2D eigenvalue weighted by molar-refractivity contribution is 0.0341. The summed E-state index contributed by atoms with van der Waals surface area (Å²) in [5.41, 5.74) is 1.59. The summed E-state index contributed by atoms with van der Waals surface area (Å²) in [6.45, 7) is 3.30. The summed E-state index contributed by atoms with van der Waals surface area (Å²) < 4.78 is 7.13. The van der Waals surface area contributed by atoms with Crippen molar-refractivity contribution in [3.8, 4) is 6.07 Å². The first-order chi connectivity index (χ1) is 8.74. The van der Waals surface area contributed by atoms with Crippen LogP contribution in [0.3, 0.4) is 0 Å². The van der Waals surface area contributed by atoms with Gasteiger partial charge in [-0.15, -0.1) is 0 Å². The number of rotatable bonds is 5. The summed E-state index contributed by atoms with van der Waals surface area (Å²) in [4.78, 5) is 0. The predicted octanol–water partition coefficient (Wildman–Crippen LogP) is 1.91. The van der Waals surface area contributed by atoms with Gasteiger partial charge in [-0.3, -0.25) is 0 Å². The number of aliphatic hydroxyl groups excluding tert-OH is 1. The van der Waals surface area contributed by atoms with Crippen LogP contribution < -0.4 is 0 Å². The van der Waals surface area contributed by atoms with E-state index in [2.05, 4.69) is 6.07 Å². The van der Waals surface area contributed by atoms with E-state index in [0.717, 1.165) is 10.9 Å². The number of nitriles is 1. The van der Waals surface area contributed by atoms with Crippen LogP contribution in [0.25, 0.3) is 10.9 Å². The number of ether oxygens (including phenoxy) is 1. The molecule has 1 unspecified atom stereocenters. The molecule has 2 rings (SSSR count). The molecule has 0 saturated heterocycles. The molecular formula is C14H16N2O2. The Bertz CT molecular complexity index is 569. The molecule has 2 aromatic rings. The molecule has 4 heteroatoms. The molecule has 0 spiro atoms. The number of hydrogen-bond acceptors (Lipinski definition) is 3. The van der Waals surface area contributed by atoms with E-state index in [4.69, 9.17) is 10.00 Å². The van der Waals surface area contributed by atoms with Crippen LogP contribution in [-0.2, 0) is 11.3 Å². The quantitative estimate of drug-likeness (QED) is 0.874. The molecule has 1 heterocycles. The molecule has 0 amide bonds. The van der Waals surface area contributed by atoms with Crippen molar-refractivity contribution in [1.82, 2.24) is 4.57 Å². The van der Waals surface area contributed by atoms with Crippen LogP contribution in [0.15, 0.2) is 30.5 Å². The van der Waals surface area contributed by atoms with Crippen LogP contribution in [0, 0.1) is 11.3 Å². The van der Waals surface area contributed by atoms with Gasteiger partial charge in [0.1, 0.15) is 0 Å². The highest BCUT2D eigenvalue weighted by Gasteiger charge is 2.08. The Hall–Kier alpha value is -1.83. The minimum absolute atomic E-state index is 0.327. The van der Waals surface area contributed by atoms with Crippen molar-refractivity contribution in [2.45, 2.75) is 19.6 Å². The first kappa shape index (κ1) is 12.6. The SMILES string of the molecule is CCOCC(O)Cn1ccc2ccc(C#N)cc21. The fourth-order valence-corrected chi connectivity index (χ4v) is 1.95. The third kappa shape index (κ3) is 2.70. The molecule has 0 fully saturated rings. The van der Waals surface area contributed by atoms with Gasteiger partial charge < -0.3 is 14.4 Å². The fourth-order valence-electron chi connectivity index (χ4n) is 1.95. The van der Waals surface area contributed by atoms with Gasteiger partial charge in [0.25, 0.3) is 0 Å². The third-order valence-electron chi connectivity index (χ3n) is 2.82. The Kier molecular flexibility index (Phi) is 3.98. The van der Waals surface area contributed by atoms with Gasteiger partial charge in [-0.1, -0.05) is 6.07 Å². The molecule has 94 valence electrons. The summed E-state index contributed by atoms with van der Waals surface area (Å²) in [5, 5.41) is 19.8. The van der Waals surface area contributed by atoms with Crippen molar-refractivity contribution in [3.63, 3.8) is 0 Å². The lowest BCUT2D eigenvalue weighted by Gasteiger charge is -2.12. The van der Waals surface area contributed by atoms with Gasteiger partial charge in [0.2, 0.25) is 0 Å². The van der Waals surface area contributed by atoms with Crippen LogP contribution in [0.4, 0.5) is 0 Å². The smallest absolute Gasteiger partial charge is 0.0992 e. The van der Waals surface area contributed by atoms with Crippen LogP contribution in [-0.4, -0.2) is 29.0 Å². The van der Waals surface area contributed by atoms with Gasteiger partial charge in [-0.2, -0.15) is 5.26 Å². The van der Waals surface area contributed by atoms with E-state index < -0.39 is 6.10 Å². The minimum atomic E-state index is -0.536. The van der Waals surface area contributed by atoms with Crippen molar-refractivity contribution >= 4 is 10.9 Å². The van der Waals surface area contributed by atoms with Crippen LogP contribution >= 0.6 is 0 Å². The monoisotopic (exact) mass is 244 g/mol. The lowest BCUT2D eigenvalue weighted by Crippen LogP contribution is -2.21. The maximum absolute atomic E-state index is 9.83. The Morgan fingerprint density at radius 3 is 3.00 bits per heavy atom. The molecule has 0 saturated carbocycles. The standard InChI is InChI=1S/C14H16N2O2/c1-2-18-10-13(17)9-16-6-5-12-4-3-11(8-15)7-14(12)16/h3-7,13,17H,2,9-10H2,1H3. The number of aliphatic hydroxyl groups is 1. The van der Waals surface area contributed by atoms with Crippen LogP contribution in [0.2, 0.25) is 0 Å². The van der Waals surface area contributed by atoms with Crippen LogP contribution in [0.1, 0.15) is 12.5 Å². The molecular weight excluding hydrogens is 228 g/mol. The second-order valence-corrected chi connectivity index (χ2v) is 4.17. The zero-order valence-corrected chi connectivity index (χ0v) is 10.3. The molecule has 1 aromatic carbocycles. The Morgan fingerprint density at radius 1 is 1.44 bits per heavy atom. The van der Waals surface area contributed by atoms with E-state index in [-0.39, 0.29) is 0 Å². The molecule has 18 heavy (non-hydrogen) atoms. The number of fused-ring (bicyclic) bond motifs is 1. The van der Waals surface area contributed by atoms with Gasteiger partial charge in [0.15, 0.2) is 0 Å². The normalized spacial score (nSPS) is 12.5. The summed E-state index contributed by atoms with van der Waals surface area (Å²) >= 11 is 0. The van der Waals surface area contributed by atoms with E-state index in [1.165, 1.54) is 0 Å². The molecule has 0 bridgehead atoms. The van der Waals surface area contributed by atoms with Gasteiger partial charge in [0, 0.05) is 18.3 Å². The minimum Gasteiger partial charge on any atom is -0.389 e. The van der Waals surface area contributed by atoms with Crippen molar-refractivity contribution in [2.24, 2.45) is 0 Å². The van der Waals surface area contributed by atoms with Crippen LogP contribution in [0.5, 0.6) is 0 Å². The molecule has 1 atom stereocenters. The van der Waals surface area contributed by atoms with E-state index in [0.29, 0.717) is 25.3 Å². The van der Waals surface area contributed by atoms with Gasteiger partial charge in [0.05, 0.1) is 30.9 Å². The number of hydrogen-bond donors (Lipinski definition) is 1. The molecule has 0 radical (unpaired) electrons. The van der Waals surface area contributed by atoms with Gasteiger partial charge in [-0.25, -0.2) is 0 Å². The van der Waals surface area contributed by atoms with Gasteiger partial charge in [-0.05, 0) is 30.5 Å². The largest absolute Gasteiger partial charge is 0.389 e. The summed E-state index contributed by atoms with van der Waals surface area (Å²) in [7, 11) is 0. The number of aromatic nitrogens is 1. The maximum atomic E-state index is 9.83. The molecule has 0 aliphatic carbocycles. The first-order valence-electron chi connectivity index (χ1n) is 5.99. The number of nitrogens with zero attached hydrogens (tertiary/aromatic N) is 2.